The molecular weight excluding hydrogens is 332 g/mol. The quantitative estimate of drug-likeness (QED) is 0.774. The van der Waals surface area contributed by atoms with Gasteiger partial charge in [0, 0.05) is 20.1 Å². The standard InChI is InChI=1S/C16H22N2O5S/c1-18(2)24(21,22)14-9-7-12(8-10-14)16(20)23-11-15(19)17-13-5-3-4-6-13/h7-10,13H,3-6,11H2,1-2H3,(H,17,19). The van der Waals surface area contributed by atoms with Crippen molar-refractivity contribution in [2.45, 2.75) is 36.6 Å². The van der Waals surface area contributed by atoms with Gasteiger partial charge >= 0.3 is 5.97 Å². The van der Waals surface area contributed by atoms with E-state index in [0.717, 1.165) is 30.0 Å². The van der Waals surface area contributed by atoms with Gasteiger partial charge in [-0.2, -0.15) is 0 Å². The lowest BCUT2D eigenvalue weighted by atomic mass is 10.2. The zero-order valence-corrected chi connectivity index (χ0v) is 14.6. The van der Waals surface area contributed by atoms with Crippen molar-refractivity contribution in [2.24, 2.45) is 0 Å². The van der Waals surface area contributed by atoms with Crippen molar-refractivity contribution in [3.8, 4) is 0 Å². The number of hydrogen-bond donors (Lipinski definition) is 1. The second-order valence-corrected chi connectivity index (χ2v) is 8.09. The van der Waals surface area contributed by atoms with Crippen LogP contribution in [0.25, 0.3) is 0 Å². The highest BCUT2D eigenvalue weighted by Crippen LogP contribution is 2.17. The van der Waals surface area contributed by atoms with E-state index in [4.69, 9.17) is 4.74 Å². The molecule has 0 atom stereocenters. The molecule has 1 aromatic rings. The summed E-state index contributed by atoms with van der Waals surface area (Å²) in [5.41, 5.74) is 0.196. The number of carbonyl (C=O) groups excluding carboxylic acids is 2. The van der Waals surface area contributed by atoms with Gasteiger partial charge in [0.1, 0.15) is 0 Å². The summed E-state index contributed by atoms with van der Waals surface area (Å²) in [5, 5.41) is 2.83. The zero-order chi connectivity index (χ0) is 17.7. The van der Waals surface area contributed by atoms with E-state index in [1.54, 1.807) is 0 Å². The average Bonchev–Trinajstić information content (AvgIpc) is 3.05. The molecule has 132 valence electrons. The highest BCUT2D eigenvalue weighted by Gasteiger charge is 2.19. The molecule has 1 fully saturated rings. The molecule has 0 aromatic heterocycles. The summed E-state index contributed by atoms with van der Waals surface area (Å²) < 4.78 is 30.0. The van der Waals surface area contributed by atoms with Gasteiger partial charge in [-0.25, -0.2) is 17.5 Å². The van der Waals surface area contributed by atoms with Crippen LogP contribution in [0, 0.1) is 0 Å². The summed E-state index contributed by atoms with van der Waals surface area (Å²) in [6.07, 6.45) is 4.13. The first-order valence-corrected chi connectivity index (χ1v) is 9.24. The number of nitrogens with one attached hydrogen (secondary N) is 1. The lowest BCUT2D eigenvalue weighted by Gasteiger charge is -2.12. The molecule has 1 aromatic carbocycles. The second-order valence-electron chi connectivity index (χ2n) is 5.94. The Balaban J connectivity index is 1.89. The molecule has 1 amide bonds. The molecule has 8 heteroatoms. The number of carbonyl (C=O) groups is 2. The molecule has 2 rings (SSSR count). The summed E-state index contributed by atoms with van der Waals surface area (Å²) in [5.74, 6) is -0.979. The summed E-state index contributed by atoms with van der Waals surface area (Å²) in [6.45, 7) is -0.340. The van der Waals surface area contributed by atoms with E-state index in [-0.39, 0.29) is 29.0 Å². The van der Waals surface area contributed by atoms with Crippen LogP contribution in [0.2, 0.25) is 0 Å². The highest BCUT2D eigenvalue weighted by molar-refractivity contribution is 7.89. The van der Waals surface area contributed by atoms with Gasteiger partial charge in [0.15, 0.2) is 6.61 Å². The Hall–Kier alpha value is -1.93. The molecule has 1 N–H and O–H groups in total. The Morgan fingerprint density at radius 3 is 2.29 bits per heavy atom. The van der Waals surface area contributed by atoms with Crippen LogP contribution in [0.4, 0.5) is 0 Å². The molecule has 0 spiro atoms. The van der Waals surface area contributed by atoms with Crippen molar-refractivity contribution in [3.63, 3.8) is 0 Å². The van der Waals surface area contributed by atoms with Gasteiger partial charge in [0.2, 0.25) is 10.0 Å². The molecule has 0 saturated heterocycles. The van der Waals surface area contributed by atoms with Crippen molar-refractivity contribution < 1.29 is 22.7 Å². The number of benzene rings is 1. The summed E-state index contributed by atoms with van der Waals surface area (Å²) in [6, 6.07) is 5.59. The molecule has 7 nitrogen and oxygen atoms in total. The second kappa shape index (κ2) is 7.76. The number of rotatable bonds is 6. The summed E-state index contributed by atoms with van der Waals surface area (Å²) >= 11 is 0. The normalized spacial score (nSPS) is 15.5. The van der Waals surface area contributed by atoms with Crippen LogP contribution in [0.1, 0.15) is 36.0 Å². The van der Waals surface area contributed by atoms with E-state index in [0.29, 0.717) is 0 Å². The van der Waals surface area contributed by atoms with Crippen LogP contribution in [-0.2, 0) is 19.6 Å². The molecule has 1 aliphatic carbocycles. The van der Waals surface area contributed by atoms with E-state index >= 15 is 0 Å². The molecule has 0 bridgehead atoms. The number of amides is 1. The first-order chi connectivity index (χ1) is 11.3. The highest BCUT2D eigenvalue weighted by atomic mass is 32.2. The molecule has 0 heterocycles. The fourth-order valence-corrected chi connectivity index (χ4v) is 3.43. The third-order valence-electron chi connectivity index (χ3n) is 3.92. The van der Waals surface area contributed by atoms with Gasteiger partial charge in [-0.1, -0.05) is 12.8 Å². The molecule has 1 saturated carbocycles. The number of esters is 1. The van der Waals surface area contributed by atoms with Gasteiger partial charge in [0.05, 0.1) is 10.5 Å². The summed E-state index contributed by atoms with van der Waals surface area (Å²) in [7, 11) is -0.679. The average molecular weight is 354 g/mol. The third kappa shape index (κ3) is 4.55. The predicted octanol–water partition coefficient (Wildman–Crippen LogP) is 1.15. The Labute approximate surface area is 142 Å². The van der Waals surface area contributed by atoms with Crippen LogP contribution in [-0.4, -0.2) is 51.3 Å². The van der Waals surface area contributed by atoms with Crippen LogP contribution in [0.5, 0.6) is 0 Å². The molecule has 0 unspecified atom stereocenters. The fourth-order valence-electron chi connectivity index (χ4n) is 2.53. The Morgan fingerprint density at radius 1 is 1.17 bits per heavy atom. The molecule has 1 aliphatic rings. The van der Waals surface area contributed by atoms with Gasteiger partial charge in [0.25, 0.3) is 5.91 Å². The Bertz CT molecular complexity index is 692. The maximum absolute atomic E-state index is 11.9. The van der Waals surface area contributed by atoms with E-state index in [2.05, 4.69) is 5.32 Å². The van der Waals surface area contributed by atoms with Crippen LogP contribution in [0.15, 0.2) is 29.2 Å². The van der Waals surface area contributed by atoms with Crippen molar-refractivity contribution in [2.75, 3.05) is 20.7 Å². The minimum atomic E-state index is -3.54. The van der Waals surface area contributed by atoms with E-state index in [9.17, 15) is 18.0 Å². The molecule has 24 heavy (non-hydrogen) atoms. The molecule has 0 aliphatic heterocycles. The van der Waals surface area contributed by atoms with Gasteiger partial charge in [-0.3, -0.25) is 4.79 Å². The van der Waals surface area contributed by atoms with E-state index in [1.807, 2.05) is 0 Å². The fraction of sp³-hybridized carbons (Fsp3) is 0.500. The molecular formula is C16H22N2O5S. The first-order valence-electron chi connectivity index (χ1n) is 7.80. The topological polar surface area (TPSA) is 92.8 Å². The predicted molar refractivity (Wildman–Crippen MR) is 88.0 cm³/mol. The Kier molecular flexibility index (Phi) is 5.95. The van der Waals surface area contributed by atoms with Crippen molar-refractivity contribution in [1.29, 1.82) is 0 Å². The summed E-state index contributed by atoms with van der Waals surface area (Å²) in [4.78, 5) is 23.7. The van der Waals surface area contributed by atoms with Gasteiger partial charge < -0.3 is 10.1 Å². The lowest BCUT2D eigenvalue weighted by molar-refractivity contribution is -0.124. The Morgan fingerprint density at radius 2 is 1.75 bits per heavy atom. The van der Waals surface area contributed by atoms with Gasteiger partial charge in [-0.05, 0) is 37.1 Å². The SMILES string of the molecule is CN(C)S(=O)(=O)c1ccc(C(=O)OCC(=O)NC2CCCC2)cc1. The van der Waals surface area contributed by atoms with Crippen LogP contribution >= 0.6 is 0 Å². The maximum atomic E-state index is 11.9. The van der Waals surface area contributed by atoms with Crippen LogP contribution < -0.4 is 5.32 Å². The first kappa shape index (κ1) is 18.4. The van der Waals surface area contributed by atoms with E-state index in [1.165, 1.54) is 38.4 Å². The van der Waals surface area contributed by atoms with Crippen molar-refractivity contribution in [3.05, 3.63) is 29.8 Å². The third-order valence-corrected chi connectivity index (χ3v) is 5.75. The minimum absolute atomic E-state index is 0.0861. The maximum Gasteiger partial charge on any atom is 0.338 e. The zero-order valence-electron chi connectivity index (χ0n) is 13.8. The number of sulfonamides is 1. The largest absolute Gasteiger partial charge is 0.452 e. The molecule has 0 radical (unpaired) electrons. The number of ether oxygens (including phenoxy) is 1. The smallest absolute Gasteiger partial charge is 0.338 e. The van der Waals surface area contributed by atoms with Crippen molar-refractivity contribution >= 4 is 21.9 Å². The monoisotopic (exact) mass is 354 g/mol. The van der Waals surface area contributed by atoms with Crippen molar-refractivity contribution in [1.82, 2.24) is 9.62 Å². The van der Waals surface area contributed by atoms with E-state index < -0.39 is 16.0 Å². The lowest BCUT2D eigenvalue weighted by Crippen LogP contribution is -2.35. The minimum Gasteiger partial charge on any atom is -0.452 e. The van der Waals surface area contributed by atoms with Crippen LogP contribution in [0.3, 0.4) is 0 Å². The number of nitrogens with zero attached hydrogens (tertiary/aromatic N) is 1. The van der Waals surface area contributed by atoms with Gasteiger partial charge in [-0.15, -0.1) is 0 Å². The number of hydrogen-bond acceptors (Lipinski definition) is 5.